The van der Waals surface area contributed by atoms with Crippen LogP contribution in [0.3, 0.4) is 0 Å². The van der Waals surface area contributed by atoms with Crippen molar-refractivity contribution in [2.24, 2.45) is 0 Å². The smallest absolute Gasteiger partial charge is 0.103 e. The molecular formula is C17H19N3. The summed E-state index contributed by atoms with van der Waals surface area (Å²) in [6.07, 6.45) is 5.70. The molecule has 0 bridgehead atoms. The summed E-state index contributed by atoms with van der Waals surface area (Å²) in [7, 11) is 0. The Balaban J connectivity index is 2.32. The molecule has 0 unspecified atom stereocenters. The molecule has 3 nitrogen and oxygen atoms in total. The molecule has 0 spiro atoms. The van der Waals surface area contributed by atoms with Gasteiger partial charge >= 0.3 is 0 Å². The maximum atomic E-state index is 4.30. The molecule has 0 amide bonds. The minimum atomic E-state index is 0.101. The summed E-state index contributed by atoms with van der Waals surface area (Å²) in [6, 6.07) is 6.46. The van der Waals surface area contributed by atoms with Crippen molar-refractivity contribution in [2.45, 2.75) is 33.1 Å². The highest BCUT2D eigenvalue weighted by Crippen LogP contribution is 2.34. The first-order valence-electron chi connectivity index (χ1n) is 6.86. The van der Waals surface area contributed by atoms with Crippen molar-refractivity contribution >= 4 is 10.8 Å². The van der Waals surface area contributed by atoms with Crippen LogP contribution in [0.4, 0.5) is 0 Å². The summed E-state index contributed by atoms with van der Waals surface area (Å²) in [6.45, 7) is 8.66. The predicted molar refractivity (Wildman–Crippen MR) is 82.8 cm³/mol. The third-order valence-electron chi connectivity index (χ3n) is 3.62. The Kier molecular flexibility index (Phi) is 2.85. The molecule has 0 aliphatic rings. The number of aromatic amines is 1. The highest BCUT2D eigenvalue weighted by molar-refractivity contribution is 5.97. The average Bonchev–Trinajstić information content (AvgIpc) is 2.83. The van der Waals surface area contributed by atoms with Gasteiger partial charge < -0.3 is 4.98 Å². The van der Waals surface area contributed by atoms with Gasteiger partial charge in [-0.2, -0.15) is 0 Å². The van der Waals surface area contributed by atoms with E-state index in [1.807, 2.05) is 25.5 Å². The number of pyridine rings is 1. The lowest BCUT2D eigenvalue weighted by atomic mass is 9.83. The van der Waals surface area contributed by atoms with Gasteiger partial charge in [-0.1, -0.05) is 32.9 Å². The molecule has 0 aliphatic carbocycles. The molecule has 0 aliphatic heterocycles. The monoisotopic (exact) mass is 265 g/mol. The lowest BCUT2D eigenvalue weighted by Gasteiger charge is -2.22. The van der Waals surface area contributed by atoms with E-state index in [0.29, 0.717) is 0 Å². The Labute approximate surface area is 119 Å². The zero-order valence-corrected chi connectivity index (χ0v) is 12.4. The number of rotatable bonds is 1. The summed E-state index contributed by atoms with van der Waals surface area (Å²) in [5.41, 5.74) is 3.65. The fourth-order valence-electron chi connectivity index (χ4n) is 2.64. The summed E-state index contributed by atoms with van der Waals surface area (Å²) in [5.74, 6) is 0.933. The van der Waals surface area contributed by atoms with Crippen molar-refractivity contribution in [3.63, 3.8) is 0 Å². The lowest BCUT2D eigenvalue weighted by Crippen LogP contribution is -2.11. The molecule has 3 aromatic rings. The summed E-state index contributed by atoms with van der Waals surface area (Å²) >= 11 is 0. The second kappa shape index (κ2) is 4.44. The first-order valence-corrected chi connectivity index (χ1v) is 6.86. The van der Waals surface area contributed by atoms with Crippen LogP contribution in [-0.2, 0) is 5.41 Å². The van der Waals surface area contributed by atoms with Gasteiger partial charge in [-0.15, -0.1) is 0 Å². The maximum absolute atomic E-state index is 4.30. The fraction of sp³-hybridized carbons (Fsp3) is 0.294. The molecule has 1 N–H and O–H groups in total. The van der Waals surface area contributed by atoms with Crippen LogP contribution in [0.1, 0.15) is 32.2 Å². The van der Waals surface area contributed by atoms with E-state index in [1.165, 1.54) is 21.9 Å². The van der Waals surface area contributed by atoms with Crippen molar-refractivity contribution in [3.8, 4) is 11.3 Å². The van der Waals surface area contributed by atoms with Crippen LogP contribution >= 0.6 is 0 Å². The van der Waals surface area contributed by atoms with Crippen molar-refractivity contribution in [3.05, 3.63) is 48.2 Å². The molecule has 2 aromatic heterocycles. The molecule has 0 radical (unpaired) electrons. The number of imidazole rings is 1. The van der Waals surface area contributed by atoms with Crippen LogP contribution in [-0.4, -0.2) is 15.0 Å². The van der Waals surface area contributed by atoms with Gasteiger partial charge in [0, 0.05) is 23.3 Å². The predicted octanol–water partition coefficient (Wildman–Crippen LogP) is 4.23. The van der Waals surface area contributed by atoms with Gasteiger partial charge in [0.2, 0.25) is 0 Å². The van der Waals surface area contributed by atoms with Crippen LogP contribution in [0.5, 0.6) is 0 Å². The van der Waals surface area contributed by atoms with Crippen molar-refractivity contribution < 1.29 is 0 Å². The van der Waals surface area contributed by atoms with E-state index >= 15 is 0 Å². The standard InChI is InChI=1S/C17H19N3/c1-11-19-10-16(20-11)13-5-6-15(17(2,3)4)14-9-18-8-7-12(13)14/h5-10H,1-4H3,(H,19,20). The maximum Gasteiger partial charge on any atom is 0.103 e. The molecule has 102 valence electrons. The molecule has 0 saturated heterocycles. The van der Waals surface area contributed by atoms with E-state index in [2.05, 4.69) is 53.9 Å². The molecule has 3 heteroatoms. The summed E-state index contributed by atoms with van der Waals surface area (Å²) in [4.78, 5) is 11.9. The number of nitrogens with zero attached hydrogens (tertiary/aromatic N) is 2. The Morgan fingerprint density at radius 3 is 2.45 bits per heavy atom. The number of benzene rings is 1. The zero-order valence-electron chi connectivity index (χ0n) is 12.4. The van der Waals surface area contributed by atoms with E-state index in [0.717, 1.165) is 11.5 Å². The normalized spacial score (nSPS) is 12.0. The van der Waals surface area contributed by atoms with E-state index < -0.39 is 0 Å². The first kappa shape index (κ1) is 12.9. The largest absolute Gasteiger partial charge is 0.342 e. The third-order valence-corrected chi connectivity index (χ3v) is 3.62. The van der Waals surface area contributed by atoms with Gasteiger partial charge in [0.25, 0.3) is 0 Å². The van der Waals surface area contributed by atoms with Gasteiger partial charge in [-0.3, -0.25) is 4.98 Å². The second-order valence-corrected chi connectivity index (χ2v) is 6.21. The van der Waals surface area contributed by atoms with E-state index in [9.17, 15) is 0 Å². The fourth-order valence-corrected chi connectivity index (χ4v) is 2.64. The molecule has 0 fully saturated rings. The lowest BCUT2D eigenvalue weighted by molar-refractivity contribution is 0.596. The van der Waals surface area contributed by atoms with Crippen molar-refractivity contribution in [1.82, 2.24) is 15.0 Å². The van der Waals surface area contributed by atoms with Crippen LogP contribution in [0.25, 0.3) is 22.0 Å². The average molecular weight is 265 g/mol. The van der Waals surface area contributed by atoms with Crippen molar-refractivity contribution in [1.29, 1.82) is 0 Å². The number of aromatic nitrogens is 3. The van der Waals surface area contributed by atoms with Crippen LogP contribution < -0.4 is 0 Å². The van der Waals surface area contributed by atoms with Crippen molar-refractivity contribution in [2.75, 3.05) is 0 Å². The quantitative estimate of drug-likeness (QED) is 0.715. The summed E-state index contributed by atoms with van der Waals surface area (Å²) in [5, 5.41) is 2.43. The molecule has 3 rings (SSSR count). The molecule has 0 saturated carbocycles. The van der Waals surface area contributed by atoms with E-state index in [1.54, 1.807) is 0 Å². The van der Waals surface area contributed by atoms with Gasteiger partial charge in [0.15, 0.2) is 0 Å². The molecule has 20 heavy (non-hydrogen) atoms. The van der Waals surface area contributed by atoms with E-state index in [4.69, 9.17) is 0 Å². The number of aryl methyl sites for hydroxylation is 1. The summed E-state index contributed by atoms with van der Waals surface area (Å²) < 4.78 is 0. The van der Waals surface area contributed by atoms with Crippen LogP contribution in [0.2, 0.25) is 0 Å². The molecule has 1 aromatic carbocycles. The van der Waals surface area contributed by atoms with Gasteiger partial charge in [-0.25, -0.2) is 4.98 Å². The van der Waals surface area contributed by atoms with Crippen LogP contribution in [0, 0.1) is 6.92 Å². The molecule has 2 heterocycles. The minimum Gasteiger partial charge on any atom is -0.342 e. The van der Waals surface area contributed by atoms with Crippen LogP contribution in [0.15, 0.2) is 36.8 Å². The SMILES string of the molecule is Cc1ncc(-c2ccc(C(C)(C)C)c3cnccc23)[nH]1. The Bertz CT molecular complexity index is 763. The number of fused-ring (bicyclic) bond motifs is 1. The van der Waals surface area contributed by atoms with Gasteiger partial charge in [0.1, 0.15) is 5.82 Å². The number of H-pyrrole nitrogens is 1. The highest BCUT2D eigenvalue weighted by Gasteiger charge is 2.18. The first-order chi connectivity index (χ1) is 9.47. The number of hydrogen-bond acceptors (Lipinski definition) is 2. The van der Waals surface area contributed by atoms with Gasteiger partial charge in [0.05, 0.1) is 11.9 Å². The highest BCUT2D eigenvalue weighted by atomic mass is 14.9. The Morgan fingerprint density at radius 2 is 1.80 bits per heavy atom. The van der Waals surface area contributed by atoms with Gasteiger partial charge in [-0.05, 0) is 29.4 Å². The molecule has 0 atom stereocenters. The number of hydrogen-bond donors (Lipinski definition) is 1. The Hall–Kier alpha value is -2.16. The Morgan fingerprint density at radius 1 is 1.00 bits per heavy atom. The van der Waals surface area contributed by atoms with E-state index in [-0.39, 0.29) is 5.41 Å². The second-order valence-electron chi connectivity index (χ2n) is 6.21. The third kappa shape index (κ3) is 2.09. The zero-order chi connectivity index (χ0) is 14.3. The molecular weight excluding hydrogens is 246 g/mol. The topological polar surface area (TPSA) is 41.6 Å². The minimum absolute atomic E-state index is 0.101. The number of nitrogens with one attached hydrogen (secondary N) is 1.